The number of halogens is 1. The molecule has 0 saturated heterocycles. The summed E-state index contributed by atoms with van der Waals surface area (Å²) in [5, 5.41) is 12.0. The van der Waals surface area contributed by atoms with Crippen molar-refractivity contribution in [3.05, 3.63) is 64.2 Å². The zero-order chi connectivity index (χ0) is 18.4. The van der Waals surface area contributed by atoms with Gasteiger partial charge in [0.15, 0.2) is 0 Å². The smallest absolute Gasteiger partial charge is 0.251 e. The van der Waals surface area contributed by atoms with E-state index in [4.69, 9.17) is 16.9 Å². The first-order valence-electron chi connectivity index (χ1n) is 7.44. The Labute approximate surface area is 151 Å². The largest absolute Gasteiger partial charge is 0.352 e. The van der Waals surface area contributed by atoms with Gasteiger partial charge < -0.3 is 5.32 Å². The minimum atomic E-state index is -3.90. The van der Waals surface area contributed by atoms with E-state index in [2.05, 4.69) is 10.0 Å². The van der Waals surface area contributed by atoms with E-state index in [1.165, 1.54) is 18.2 Å². The van der Waals surface area contributed by atoms with E-state index in [9.17, 15) is 13.2 Å². The first-order chi connectivity index (χ1) is 11.9. The number of carbonyl (C=O) groups excluding carboxylic acids is 1. The molecule has 130 valence electrons. The number of nitrogens with zero attached hydrogens (tertiary/aromatic N) is 1. The van der Waals surface area contributed by atoms with Gasteiger partial charge in [-0.2, -0.15) is 5.26 Å². The van der Waals surface area contributed by atoms with Crippen molar-refractivity contribution in [1.29, 1.82) is 5.26 Å². The molecule has 2 aromatic carbocycles. The molecule has 0 aliphatic heterocycles. The van der Waals surface area contributed by atoms with E-state index in [0.29, 0.717) is 17.7 Å². The van der Waals surface area contributed by atoms with Gasteiger partial charge in [-0.15, -0.1) is 0 Å². The lowest BCUT2D eigenvalue weighted by molar-refractivity contribution is 0.0956. The third-order valence-electron chi connectivity index (χ3n) is 3.37. The molecule has 2 rings (SSSR count). The molecule has 0 atom stereocenters. The van der Waals surface area contributed by atoms with Gasteiger partial charge in [0.05, 0.1) is 5.56 Å². The average Bonchev–Trinajstić information content (AvgIpc) is 2.60. The van der Waals surface area contributed by atoms with Crippen molar-refractivity contribution >= 4 is 27.5 Å². The molecular weight excluding hydrogens is 362 g/mol. The molecule has 0 radical (unpaired) electrons. The molecule has 0 spiro atoms. The fraction of sp³-hybridized carbons (Fsp3) is 0.176. The van der Waals surface area contributed by atoms with Gasteiger partial charge in [-0.25, -0.2) is 13.1 Å². The van der Waals surface area contributed by atoms with E-state index in [-0.39, 0.29) is 27.9 Å². The van der Waals surface area contributed by atoms with Gasteiger partial charge in [-0.05, 0) is 42.8 Å². The van der Waals surface area contributed by atoms with Crippen LogP contribution < -0.4 is 10.0 Å². The maximum absolute atomic E-state index is 12.4. The summed E-state index contributed by atoms with van der Waals surface area (Å²) in [4.78, 5) is 11.5. The highest BCUT2D eigenvalue weighted by atomic mass is 35.5. The molecule has 2 aromatic rings. The summed E-state index contributed by atoms with van der Waals surface area (Å²) in [7, 11) is -3.90. The number of hydrogen-bond acceptors (Lipinski definition) is 4. The zero-order valence-corrected chi connectivity index (χ0v) is 15.0. The monoisotopic (exact) mass is 377 g/mol. The Bertz CT molecular complexity index is 919. The molecule has 0 aliphatic carbocycles. The Morgan fingerprint density at radius 2 is 1.88 bits per heavy atom. The summed E-state index contributed by atoms with van der Waals surface area (Å²) in [5.41, 5.74) is 1.19. The van der Waals surface area contributed by atoms with Gasteiger partial charge in [0.1, 0.15) is 11.0 Å². The lowest BCUT2D eigenvalue weighted by atomic mass is 10.1. The highest BCUT2D eigenvalue weighted by Gasteiger charge is 2.19. The number of sulfonamides is 1. The maximum atomic E-state index is 12.4. The lowest BCUT2D eigenvalue weighted by Gasteiger charge is -2.09. The number of amides is 1. The van der Waals surface area contributed by atoms with E-state index >= 15 is 0 Å². The van der Waals surface area contributed by atoms with Crippen molar-refractivity contribution in [1.82, 2.24) is 10.0 Å². The second-order valence-corrected chi connectivity index (χ2v) is 7.31. The molecule has 0 unspecified atom stereocenters. The molecule has 1 amide bonds. The van der Waals surface area contributed by atoms with Gasteiger partial charge in [0, 0.05) is 23.7 Å². The van der Waals surface area contributed by atoms with Crippen molar-refractivity contribution < 1.29 is 13.2 Å². The summed E-state index contributed by atoms with van der Waals surface area (Å²) in [6.07, 6.45) is 0. The second kappa shape index (κ2) is 8.12. The molecule has 6 nitrogen and oxygen atoms in total. The van der Waals surface area contributed by atoms with Gasteiger partial charge >= 0.3 is 0 Å². The summed E-state index contributed by atoms with van der Waals surface area (Å²) < 4.78 is 27.3. The summed E-state index contributed by atoms with van der Waals surface area (Å²) in [5.74, 6) is -0.188. The topological polar surface area (TPSA) is 99.1 Å². The van der Waals surface area contributed by atoms with Crippen LogP contribution in [-0.4, -0.2) is 20.9 Å². The van der Waals surface area contributed by atoms with Crippen LogP contribution in [-0.2, 0) is 16.6 Å². The highest BCUT2D eigenvalue weighted by Crippen LogP contribution is 2.20. The van der Waals surface area contributed by atoms with E-state index in [1.807, 2.05) is 13.0 Å². The number of nitriles is 1. The summed E-state index contributed by atoms with van der Waals surface area (Å²) in [6.45, 7) is 2.38. The summed E-state index contributed by atoms with van der Waals surface area (Å²) in [6, 6.07) is 12.5. The van der Waals surface area contributed by atoms with Gasteiger partial charge in [-0.1, -0.05) is 23.7 Å². The summed E-state index contributed by atoms with van der Waals surface area (Å²) >= 11 is 5.83. The van der Waals surface area contributed by atoms with Crippen LogP contribution in [0.2, 0.25) is 5.02 Å². The van der Waals surface area contributed by atoms with Gasteiger partial charge in [0.2, 0.25) is 10.0 Å². The molecule has 0 saturated carbocycles. The minimum Gasteiger partial charge on any atom is -0.352 e. The Hall–Kier alpha value is -2.40. The second-order valence-electron chi connectivity index (χ2n) is 5.13. The Morgan fingerprint density at radius 3 is 2.48 bits per heavy atom. The number of carbonyl (C=O) groups is 1. The lowest BCUT2D eigenvalue weighted by Crippen LogP contribution is -2.24. The SMILES string of the molecule is CCNC(=O)c1ccc(CNS(=O)(=O)c2cc(Cl)ccc2C#N)cc1. The molecule has 0 aromatic heterocycles. The number of rotatable bonds is 6. The first-order valence-corrected chi connectivity index (χ1v) is 9.30. The molecule has 0 heterocycles. The molecule has 0 aliphatic rings. The molecule has 8 heteroatoms. The third kappa shape index (κ3) is 4.79. The normalized spacial score (nSPS) is 10.9. The fourth-order valence-electron chi connectivity index (χ4n) is 2.10. The highest BCUT2D eigenvalue weighted by molar-refractivity contribution is 7.89. The zero-order valence-electron chi connectivity index (χ0n) is 13.4. The van der Waals surface area contributed by atoms with Gasteiger partial charge in [0.25, 0.3) is 5.91 Å². The Morgan fingerprint density at radius 1 is 1.20 bits per heavy atom. The van der Waals surface area contributed by atoms with Crippen molar-refractivity contribution in [2.24, 2.45) is 0 Å². The minimum absolute atomic E-state index is 0.0171. The van der Waals surface area contributed by atoms with Crippen molar-refractivity contribution in [2.45, 2.75) is 18.4 Å². The Kier molecular flexibility index (Phi) is 6.15. The quantitative estimate of drug-likeness (QED) is 0.807. The van der Waals surface area contributed by atoms with Crippen molar-refractivity contribution in [3.8, 4) is 6.07 Å². The number of nitrogens with one attached hydrogen (secondary N) is 2. The standard InChI is InChI=1S/C17H16ClN3O3S/c1-2-20-17(22)13-5-3-12(4-6-13)11-21-25(23,24)16-9-15(18)8-7-14(16)10-19/h3-9,21H,2,11H2,1H3,(H,20,22). The van der Waals surface area contributed by atoms with E-state index < -0.39 is 10.0 Å². The van der Waals surface area contributed by atoms with Crippen LogP contribution >= 0.6 is 11.6 Å². The predicted molar refractivity (Wildman–Crippen MR) is 94.6 cm³/mol. The Balaban J connectivity index is 2.14. The first kappa shape index (κ1) is 18.9. The molecule has 0 fully saturated rings. The maximum Gasteiger partial charge on any atom is 0.251 e. The fourth-order valence-corrected chi connectivity index (χ4v) is 3.54. The number of benzene rings is 2. The van der Waals surface area contributed by atoms with Crippen LogP contribution in [0.3, 0.4) is 0 Å². The predicted octanol–water partition coefficient (Wildman–Crippen LogP) is 2.44. The van der Waals surface area contributed by atoms with Crippen molar-refractivity contribution in [2.75, 3.05) is 6.54 Å². The molecule has 25 heavy (non-hydrogen) atoms. The van der Waals surface area contributed by atoms with Gasteiger partial charge in [-0.3, -0.25) is 4.79 Å². The van der Waals surface area contributed by atoms with Crippen LogP contribution in [0.15, 0.2) is 47.4 Å². The average molecular weight is 378 g/mol. The molecule has 0 bridgehead atoms. The number of hydrogen-bond donors (Lipinski definition) is 2. The van der Waals surface area contributed by atoms with Crippen LogP contribution in [0.5, 0.6) is 0 Å². The van der Waals surface area contributed by atoms with Crippen molar-refractivity contribution in [3.63, 3.8) is 0 Å². The van der Waals surface area contributed by atoms with Crippen LogP contribution in [0.1, 0.15) is 28.4 Å². The van der Waals surface area contributed by atoms with E-state index in [0.717, 1.165) is 0 Å². The third-order valence-corrected chi connectivity index (χ3v) is 5.05. The van der Waals surface area contributed by atoms with Crippen LogP contribution in [0, 0.1) is 11.3 Å². The van der Waals surface area contributed by atoms with E-state index in [1.54, 1.807) is 24.3 Å². The molecule has 2 N–H and O–H groups in total. The van der Waals surface area contributed by atoms with Crippen LogP contribution in [0.4, 0.5) is 0 Å². The molecular formula is C17H16ClN3O3S. The van der Waals surface area contributed by atoms with Crippen LogP contribution in [0.25, 0.3) is 0 Å².